The molecule has 28 heavy (non-hydrogen) atoms. The van der Waals surface area contributed by atoms with Crippen LogP contribution in [0.5, 0.6) is 5.75 Å². The van der Waals surface area contributed by atoms with Crippen molar-refractivity contribution in [2.24, 2.45) is 0 Å². The summed E-state index contributed by atoms with van der Waals surface area (Å²) in [4.78, 5) is 14.2. The van der Waals surface area contributed by atoms with E-state index in [1.807, 2.05) is 85.4 Å². The van der Waals surface area contributed by atoms with Crippen molar-refractivity contribution in [2.75, 3.05) is 20.2 Å². The molecule has 1 aromatic heterocycles. The Morgan fingerprint density at radius 1 is 1.07 bits per heavy atom. The van der Waals surface area contributed by atoms with E-state index < -0.39 is 0 Å². The Bertz CT molecular complexity index is 940. The third-order valence-corrected chi connectivity index (χ3v) is 4.61. The average molecular weight is 375 g/mol. The zero-order valence-corrected chi connectivity index (χ0v) is 16.5. The zero-order chi connectivity index (χ0) is 19.9. The van der Waals surface area contributed by atoms with Crippen LogP contribution >= 0.6 is 0 Å². The fourth-order valence-corrected chi connectivity index (χ4v) is 3.00. The van der Waals surface area contributed by atoms with Crippen LogP contribution < -0.4 is 4.74 Å². The monoisotopic (exact) mass is 375 g/mol. The first-order valence-electron chi connectivity index (χ1n) is 9.42. The third-order valence-electron chi connectivity index (χ3n) is 4.61. The van der Waals surface area contributed by atoms with Crippen LogP contribution in [0.3, 0.4) is 0 Å². The molecule has 3 aromatic rings. The van der Waals surface area contributed by atoms with E-state index in [9.17, 15) is 4.79 Å². The lowest BCUT2D eigenvalue weighted by atomic mass is 10.1. The molecular formula is C23H25N3O2. The third kappa shape index (κ3) is 4.31. The Morgan fingerprint density at radius 2 is 1.75 bits per heavy atom. The number of rotatable bonds is 7. The van der Waals surface area contributed by atoms with Crippen molar-refractivity contribution in [3.63, 3.8) is 0 Å². The quantitative estimate of drug-likeness (QED) is 0.574. The van der Waals surface area contributed by atoms with Crippen molar-refractivity contribution >= 4 is 12.0 Å². The number of ether oxygens (including phenoxy) is 1. The number of hydrogen-bond acceptors (Lipinski definition) is 3. The van der Waals surface area contributed by atoms with Gasteiger partial charge in [-0.3, -0.25) is 4.79 Å². The number of amides is 1. The number of benzene rings is 2. The highest BCUT2D eigenvalue weighted by atomic mass is 16.5. The molecule has 5 heteroatoms. The number of nitrogens with zero attached hydrogens (tertiary/aromatic N) is 3. The molecule has 0 spiro atoms. The molecule has 3 rings (SSSR count). The maximum atomic E-state index is 12.4. The number of likely N-dealkylation sites (N-methyl/N-ethyl adjacent to an activating group) is 1. The molecule has 0 saturated carbocycles. The molecule has 0 bridgehead atoms. The van der Waals surface area contributed by atoms with Gasteiger partial charge >= 0.3 is 0 Å². The SMILES string of the molecule is CCN(CC)C(=O)/C=C\c1cn(-c2ccccc2)nc1-c1ccc(OC)cc1. The minimum Gasteiger partial charge on any atom is -0.497 e. The topological polar surface area (TPSA) is 47.4 Å². The molecule has 5 nitrogen and oxygen atoms in total. The standard InChI is InChI=1S/C23H25N3O2/c1-4-25(5-2)22(27)16-13-19-17-26(20-9-7-6-8-10-20)24-23(19)18-11-14-21(28-3)15-12-18/h6-17H,4-5H2,1-3H3/b16-13-. The smallest absolute Gasteiger partial charge is 0.246 e. The van der Waals surface area contributed by atoms with E-state index in [4.69, 9.17) is 9.84 Å². The number of para-hydroxylation sites is 1. The number of carbonyl (C=O) groups is 1. The second-order valence-corrected chi connectivity index (χ2v) is 6.29. The second kappa shape index (κ2) is 9.04. The van der Waals surface area contributed by atoms with Crippen molar-refractivity contribution in [1.82, 2.24) is 14.7 Å². The van der Waals surface area contributed by atoms with E-state index in [1.165, 1.54) is 0 Å². The van der Waals surface area contributed by atoms with Crippen LogP contribution in [0.4, 0.5) is 0 Å². The molecule has 0 aliphatic rings. The molecule has 1 amide bonds. The van der Waals surface area contributed by atoms with Crippen LogP contribution in [0.25, 0.3) is 23.0 Å². The van der Waals surface area contributed by atoms with E-state index in [0.29, 0.717) is 13.1 Å². The number of hydrogen-bond donors (Lipinski definition) is 0. The molecule has 0 aliphatic heterocycles. The lowest BCUT2D eigenvalue weighted by molar-refractivity contribution is -0.125. The number of methoxy groups -OCH3 is 1. The Morgan fingerprint density at radius 3 is 2.36 bits per heavy atom. The molecule has 0 fully saturated rings. The molecule has 0 aliphatic carbocycles. The Kier molecular flexibility index (Phi) is 6.27. The van der Waals surface area contributed by atoms with Crippen LogP contribution in [0, 0.1) is 0 Å². The van der Waals surface area contributed by atoms with Crippen molar-refractivity contribution in [1.29, 1.82) is 0 Å². The van der Waals surface area contributed by atoms with Crippen LogP contribution in [0.2, 0.25) is 0 Å². The summed E-state index contributed by atoms with van der Waals surface area (Å²) in [5.74, 6) is 0.790. The van der Waals surface area contributed by atoms with Crippen LogP contribution in [0.15, 0.2) is 66.9 Å². The number of aromatic nitrogens is 2. The van der Waals surface area contributed by atoms with Crippen molar-refractivity contribution in [2.45, 2.75) is 13.8 Å². The largest absolute Gasteiger partial charge is 0.497 e. The van der Waals surface area contributed by atoms with Crippen molar-refractivity contribution in [3.05, 3.63) is 72.4 Å². The van der Waals surface area contributed by atoms with Gasteiger partial charge in [0.1, 0.15) is 5.75 Å². The summed E-state index contributed by atoms with van der Waals surface area (Å²) < 4.78 is 7.08. The van der Waals surface area contributed by atoms with Gasteiger partial charge in [0.05, 0.1) is 18.5 Å². The molecule has 0 saturated heterocycles. The predicted molar refractivity (Wildman–Crippen MR) is 113 cm³/mol. The van der Waals surface area contributed by atoms with Crippen LogP contribution in [-0.2, 0) is 4.79 Å². The fourth-order valence-electron chi connectivity index (χ4n) is 3.00. The molecule has 0 atom stereocenters. The van der Waals surface area contributed by atoms with Gasteiger partial charge < -0.3 is 9.64 Å². The molecule has 0 unspecified atom stereocenters. The van der Waals surface area contributed by atoms with Gasteiger partial charge in [-0.15, -0.1) is 0 Å². The fraction of sp³-hybridized carbons (Fsp3) is 0.217. The summed E-state index contributed by atoms with van der Waals surface area (Å²) in [6.45, 7) is 5.33. The summed E-state index contributed by atoms with van der Waals surface area (Å²) >= 11 is 0. The van der Waals surface area contributed by atoms with Crippen molar-refractivity contribution < 1.29 is 9.53 Å². The Balaban J connectivity index is 2.01. The number of carbonyl (C=O) groups excluding carboxylic acids is 1. The van der Waals surface area contributed by atoms with Gasteiger partial charge in [-0.1, -0.05) is 18.2 Å². The highest BCUT2D eigenvalue weighted by Crippen LogP contribution is 2.26. The molecule has 0 radical (unpaired) electrons. The normalized spacial score (nSPS) is 11.0. The summed E-state index contributed by atoms with van der Waals surface area (Å²) in [6.07, 6.45) is 5.40. The van der Waals surface area contributed by atoms with Gasteiger partial charge in [0.2, 0.25) is 5.91 Å². The molecule has 2 aromatic carbocycles. The Hall–Kier alpha value is -3.34. The predicted octanol–water partition coefficient (Wildman–Crippen LogP) is 4.43. The van der Waals surface area contributed by atoms with Gasteiger partial charge in [0.25, 0.3) is 0 Å². The minimum atomic E-state index is -0.00172. The van der Waals surface area contributed by atoms with E-state index >= 15 is 0 Å². The maximum absolute atomic E-state index is 12.4. The van der Waals surface area contributed by atoms with Gasteiger partial charge in [-0.2, -0.15) is 5.10 Å². The Labute approximate surface area is 165 Å². The van der Waals surface area contributed by atoms with Gasteiger partial charge in [-0.05, 0) is 56.3 Å². The molecule has 144 valence electrons. The summed E-state index contributed by atoms with van der Waals surface area (Å²) in [6, 6.07) is 17.7. The minimum absolute atomic E-state index is 0.00172. The van der Waals surface area contributed by atoms with E-state index in [0.717, 1.165) is 28.3 Å². The molecule has 1 heterocycles. The van der Waals surface area contributed by atoms with Gasteiger partial charge in [0, 0.05) is 36.5 Å². The summed E-state index contributed by atoms with van der Waals surface area (Å²) in [5.41, 5.74) is 3.63. The maximum Gasteiger partial charge on any atom is 0.246 e. The van der Waals surface area contributed by atoms with Gasteiger partial charge in [0.15, 0.2) is 0 Å². The van der Waals surface area contributed by atoms with Crippen LogP contribution in [0.1, 0.15) is 19.4 Å². The first-order chi connectivity index (χ1) is 13.7. The van der Waals surface area contributed by atoms with Crippen LogP contribution in [-0.4, -0.2) is 40.8 Å². The van der Waals surface area contributed by atoms with E-state index in [1.54, 1.807) is 18.1 Å². The zero-order valence-electron chi connectivity index (χ0n) is 16.5. The lowest BCUT2D eigenvalue weighted by Gasteiger charge is -2.15. The van der Waals surface area contributed by atoms with E-state index in [-0.39, 0.29) is 5.91 Å². The lowest BCUT2D eigenvalue weighted by Crippen LogP contribution is -2.28. The highest BCUT2D eigenvalue weighted by Gasteiger charge is 2.12. The highest BCUT2D eigenvalue weighted by molar-refractivity contribution is 5.92. The van der Waals surface area contributed by atoms with E-state index in [2.05, 4.69) is 0 Å². The molecule has 0 N–H and O–H groups in total. The second-order valence-electron chi connectivity index (χ2n) is 6.29. The average Bonchev–Trinajstić information content (AvgIpc) is 3.18. The summed E-state index contributed by atoms with van der Waals surface area (Å²) in [5, 5.41) is 4.77. The first-order valence-corrected chi connectivity index (χ1v) is 9.42. The first kappa shape index (κ1) is 19.4. The van der Waals surface area contributed by atoms with Gasteiger partial charge in [-0.25, -0.2) is 4.68 Å². The summed E-state index contributed by atoms with van der Waals surface area (Å²) in [7, 11) is 1.64. The molecular weight excluding hydrogens is 350 g/mol. The van der Waals surface area contributed by atoms with Crippen molar-refractivity contribution in [3.8, 4) is 22.7 Å².